The maximum absolute atomic E-state index is 14.7. The van der Waals surface area contributed by atoms with Crippen LogP contribution in [0.5, 0.6) is 0 Å². The third-order valence-corrected chi connectivity index (χ3v) is 4.34. The van der Waals surface area contributed by atoms with E-state index in [1.165, 1.54) is 4.68 Å². The van der Waals surface area contributed by atoms with E-state index in [0.29, 0.717) is 24.2 Å². The molecule has 0 radical (unpaired) electrons. The number of hydrogen-bond donors (Lipinski definition) is 2. The zero-order valence-electron chi connectivity index (χ0n) is 14.9. The topological polar surface area (TPSA) is 59.0 Å². The Labute approximate surface area is 153 Å². The SMILES string of the molecule is Cl.Cn1nc(C(C)(C)C)cc1C(=O)Nc1ccc2c(c1F)CCNC2. The number of amides is 1. The van der Waals surface area contributed by atoms with Crippen LogP contribution in [0.2, 0.25) is 0 Å². The predicted octanol–water partition coefficient (Wildman–Crippen LogP) is 3.18. The number of nitrogens with zero attached hydrogens (tertiary/aromatic N) is 2. The van der Waals surface area contributed by atoms with Gasteiger partial charge in [0.15, 0.2) is 0 Å². The van der Waals surface area contributed by atoms with Gasteiger partial charge in [-0.2, -0.15) is 5.10 Å². The lowest BCUT2D eigenvalue weighted by Crippen LogP contribution is -2.25. The highest BCUT2D eigenvalue weighted by atomic mass is 35.5. The number of rotatable bonds is 2. The average molecular weight is 367 g/mol. The summed E-state index contributed by atoms with van der Waals surface area (Å²) in [4.78, 5) is 12.5. The molecule has 0 saturated carbocycles. The van der Waals surface area contributed by atoms with Crippen LogP contribution in [0.15, 0.2) is 18.2 Å². The minimum atomic E-state index is -0.353. The monoisotopic (exact) mass is 366 g/mol. The zero-order chi connectivity index (χ0) is 17.5. The Balaban J connectivity index is 0.00000225. The number of aryl methyl sites for hydroxylation is 1. The molecular weight excluding hydrogens is 343 g/mol. The van der Waals surface area contributed by atoms with Crippen molar-refractivity contribution >= 4 is 24.0 Å². The highest BCUT2D eigenvalue weighted by molar-refractivity contribution is 6.03. The largest absolute Gasteiger partial charge is 0.318 e. The van der Waals surface area contributed by atoms with E-state index in [4.69, 9.17) is 0 Å². The summed E-state index contributed by atoms with van der Waals surface area (Å²) in [6.45, 7) is 7.52. The molecule has 1 aliphatic rings. The number of nitrogens with one attached hydrogen (secondary N) is 2. The summed E-state index contributed by atoms with van der Waals surface area (Å²) < 4.78 is 16.2. The molecule has 2 aromatic rings. The zero-order valence-corrected chi connectivity index (χ0v) is 15.8. The van der Waals surface area contributed by atoms with Gasteiger partial charge in [0, 0.05) is 19.0 Å². The highest BCUT2D eigenvalue weighted by Gasteiger charge is 2.23. The van der Waals surface area contributed by atoms with Crippen LogP contribution in [0, 0.1) is 5.82 Å². The Bertz CT molecular complexity index is 795. The molecule has 1 aromatic heterocycles. The van der Waals surface area contributed by atoms with Crippen molar-refractivity contribution in [3.05, 3.63) is 46.5 Å². The lowest BCUT2D eigenvalue weighted by Gasteiger charge is -2.19. The van der Waals surface area contributed by atoms with Crippen LogP contribution in [-0.2, 0) is 25.4 Å². The molecule has 0 aliphatic carbocycles. The maximum Gasteiger partial charge on any atom is 0.274 e. The van der Waals surface area contributed by atoms with Crippen molar-refractivity contribution in [2.45, 2.75) is 39.2 Å². The number of carbonyl (C=O) groups is 1. The second kappa shape index (κ2) is 7.14. The molecule has 1 aromatic carbocycles. The lowest BCUT2D eigenvalue weighted by molar-refractivity contribution is 0.101. The fourth-order valence-electron chi connectivity index (χ4n) is 2.86. The minimum Gasteiger partial charge on any atom is -0.318 e. The molecule has 3 rings (SSSR count). The number of anilines is 1. The van der Waals surface area contributed by atoms with Gasteiger partial charge in [-0.1, -0.05) is 26.8 Å². The predicted molar refractivity (Wildman–Crippen MR) is 98.9 cm³/mol. The van der Waals surface area contributed by atoms with Crippen molar-refractivity contribution < 1.29 is 9.18 Å². The average Bonchev–Trinajstić information content (AvgIpc) is 2.92. The molecule has 136 valence electrons. The first-order valence-corrected chi connectivity index (χ1v) is 8.14. The first-order chi connectivity index (χ1) is 11.3. The Morgan fingerprint density at radius 2 is 2.08 bits per heavy atom. The first-order valence-electron chi connectivity index (χ1n) is 8.14. The second-order valence-electron chi connectivity index (χ2n) is 7.23. The Kier molecular flexibility index (Phi) is 5.54. The number of hydrogen-bond acceptors (Lipinski definition) is 3. The van der Waals surface area contributed by atoms with Gasteiger partial charge in [0.2, 0.25) is 0 Å². The molecule has 0 unspecified atom stereocenters. The number of benzene rings is 1. The van der Waals surface area contributed by atoms with Crippen LogP contribution in [0.4, 0.5) is 10.1 Å². The van der Waals surface area contributed by atoms with Gasteiger partial charge in [-0.3, -0.25) is 9.48 Å². The number of carbonyl (C=O) groups excluding carboxylic acids is 1. The summed E-state index contributed by atoms with van der Waals surface area (Å²) in [5, 5.41) is 10.3. The van der Waals surface area contributed by atoms with E-state index in [1.54, 1.807) is 19.2 Å². The standard InChI is InChI=1S/C18H23FN4O.ClH/c1-18(2,3)15-9-14(23(4)22-15)17(24)21-13-6-5-11-10-20-8-7-12(11)16(13)19;/h5-6,9,20H,7-8,10H2,1-4H3,(H,21,24);1H. The molecule has 0 spiro atoms. The molecule has 7 heteroatoms. The van der Waals surface area contributed by atoms with Gasteiger partial charge >= 0.3 is 0 Å². The summed E-state index contributed by atoms with van der Waals surface area (Å²) in [5.41, 5.74) is 2.95. The third kappa shape index (κ3) is 3.85. The molecule has 2 heterocycles. The summed E-state index contributed by atoms with van der Waals surface area (Å²) in [5.74, 6) is -0.686. The number of aromatic nitrogens is 2. The van der Waals surface area contributed by atoms with Gasteiger partial charge < -0.3 is 10.6 Å². The summed E-state index contributed by atoms with van der Waals surface area (Å²) in [7, 11) is 1.72. The summed E-state index contributed by atoms with van der Waals surface area (Å²) >= 11 is 0. The third-order valence-electron chi connectivity index (χ3n) is 4.34. The van der Waals surface area contributed by atoms with Crippen LogP contribution in [0.1, 0.15) is 48.1 Å². The normalized spacial score (nSPS) is 13.8. The van der Waals surface area contributed by atoms with E-state index in [-0.39, 0.29) is 35.2 Å². The molecule has 5 nitrogen and oxygen atoms in total. The molecule has 2 N–H and O–H groups in total. The van der Waals surface area contributed by atoms with E-state index in [9.17, 15) is 9.18 Å². The van der Waals surface area contributed by atoms with Crippen LogP contribution >= 0.6 is 12.4 Å². The van der Waals surface area contributed by atoms with Crippen molar-refractivity contribution in [3.8, 4) is 0 Å². The molecule has 0 fully saturated rings. The van der Waals surface area contributed by atoms with Crippen molar-refractivity contribution in [3.63, 3.8) is 0 Å². The van der Waals surface area contributed by atoms with E-state index in [0.717, 1.165) is 17.8 Å². The minimum absolute atomic E-state index is 0. The molecule has 0 atom stereocenters. The van der Waals surface area contributed by atoms with Gasteiger partial charge in [-0.15, -0.1) is 12.4 Å². The molecule has 1 amide bonds. The van der Waals surface area contributed by atoms with Gasteiger partial charge in [-0.25, -0.2) is 4.39 Å². The van der Waals surface area contributed by atoms with E-state index >= 15 is 0 Å². The van der Waals surface area contributed by atoms with Gasteiger partial charge in [0.05, 0.1) is 11.4 Å². The van der Waals surface area contributed by atoms with Crippen molar-refractivity contribution in [1.29, 1.82) is 0 Å². The van der Waals surface area contributed by atoms with Crippen LogP contribution in [0.25, 0.3) is 0 Å². The summed E-state index contributed by atoms with van der Waals surface area (Å²) in [6, 6.07) is 5.25. The molecule has 1 aliphatic heterocycles. The van der Waals surface area contributed by atoms with E-state index in [1.807, 2.05) is 26.8 Å². The molecule has 0 bridgehead atoms. The van der Waals surface area contributed by atoms with Crippen LogP contribution in [-0.4, -0.2) is 22.2 Å². The van der Waals surface area contributed by atoms with Gasteiger partial charge in [-0.05, 0) is 36.2 Å². The Morgan fingerprint density at radius 3 is 2.72 bits per heavy atom. The quantitative estimate of drug-likeness (QED) is 0.858. The number of fused-ring (bicyclic) bond motifs is 1. The van der Waals surface area contributed by atoms with Crippen molar-refractivity contribution in [2.75, 3.05) is 11.9 Å². The maximum atomic E-state index is 14.7. The van der Waals surface area contributed by atoms with E-state index in [2.05, 4.69) is 15.7 Å². The molecule has 25 heavy (non-hydrogen) atoms. The highest BCUT2D eigenvalue weighted by Crippen LogP contribution is 2.26. The van der Waals surface area contributed by atoms with Crippen LogP contribution < -0.4 is 10.6 Å². The Hall–Kier alpha value is -1.92. The van der Waals surface area contributed by atoms with Gasteiger partial charge in [0.25, 0.3) is 5.91 Å². The van der Waals surface area contributed by atoms with Crippen molar-refractivity contribution in [1.82, 2.24) is 15.1 Å². The second-order valence-corrected chi connectivity index (χ2v) is 7.23. The van der Waals surface area contributed by atoms with Gasteiger partial charge in [0.1, 0.15) is 11.5 Å². The Morgan fingerprint density at radius 1 is 1.36 bits per heavy atom. The number of halogens is 2. The van der Waals surface area contributed by atoms with Crippen molar-refractivity contribution in [2.24, 2.45) is 7.05 Å². The summed E-state index contributed by atoms with van der Waals surface area (Å²) in [6.07, 6.45) is 0.630. The fraction of sp³-hybridized carbons (Fsp3) is 0.444. The molecular formula is C18H24ClFN4O. The van der Waals surface area contributed by atoms with E-state index < -0.39 is 0 Å². The smallest absolute Gasteiger partial charge is 0.274 e. The lowest BCUT2D eigenvalue weighted by atomic mass is 9.92. The first kappa shape index (κ1) is 19.4. The molecule has 0 saturated heterocycles. The van der Waals surface area contributed by atoms with Crippen LogP contribution in [0.3, 0.4) is 0 Å². The fourth-order valence-corrected chi connectivity index (χ4v) is 2.86.